The Morgan fingerprint density at radius 1 is 1.45 bits per heavy atom. The molecule has 20 heavy (non-hydrogen) atoms. The fourth-order valence-electron chi connectivity index (χ4n) is 2.78. The zero-order valence-electron chi connectivity index (χ0n) is 11.4. The van der Waals surface area contributed by atoms with E-state index in [1.165, 1.54) is 0 Å². The predicted molar refractivity (Wildman–Crippen MR) is 76.9 cm³/mol. The molecule has 1 heterocycles. The molecule has 0 saturated carbocycles. The summed E-state index contributed by atoms with van der Waals surface area (Å²) in [5.74, 6) is -0.805. The van der Waals surface area contributed by atoms with E-state index in [0.717, 1.165) is 12.8 Å². The molecule has 1 aromatic rings. The minimum Gasteiger partial charge on any atom is -0.481 e. The Labute approximate surface area is 123 Å². The van der Waals surface area contributed by atoms with E-state index in [2.05, 4.69) is 0 Å². The smallest absolute Gasteiger partial charge is 0.305 e. The first-order valence-electron chi connectivity index (χ1n) is 6.77. The van der Waals surface area contributed by atoms with Gasteiger partial charge in [-0.3, -0.25) is 9.59 Å². The maximum atomic E-state index is 12.6. The third kappa shape index (κ3) is 3.31. The van der Waals surface area contributed by atoms with Crippen LogP contribution in [0, 0.1) is 5.92 Å². The van der Waals surface area contributed by atoms with Crippen LogP contribution in [0.3, 0.4) is 0 Å². The van der Waals surface area contributed by atoms with Crippen LogP contribution in [0.2, 0.25) is 5.02 Å². The van der Waals surface area contributed by atoms with Crippen molar-refractivity contribution >= 4 is 23.5 Å². The highest BCUT2D eigenvalue weighted by molar-refractivity contribution is 6.30. The minimum atomic E-state index is -0.868. The summed E-state index contributed by atoms with van der Waals surface area (Å²) < 4.78 is 0. The quantitative estimate of drug-likeness (QED) is 0.932. The van der Waals surface area contributed by atoms with Gasteiger partial charge in [-0.05, 0) is 37.0 Å². The first kappa shape index (κ1) is 14.9. The number of piperidine rings is 1. The molecule has 2 unspecified atom stereocenters. The average molecular weight is 296 g/mol. The number of rotatable bonds is 3. The number of halogens is 1. The number of hydrogen-bond donors (Lipinski definition) is 1. The molecule has 2 atom stereocenters. The Morgan fingerprint density at radius 3 is 2.85 bits per heavy atom. The molecule has 1 aliphatic heterocycles. The van der Waals surface area contributed by atoms with Crippen LogP contribution in [0.5, 0.6) is 0 Å². The molecule has 0 spiro atoms. The Bertz CT molecular complexity index is 518. The van der Waals surface area contributed by atoms with Crippen molar-refractivity contribution in [2.45, 2.75) is 32.2 Å². The Kier molecular flexibility index (Phi) is 4.65. The van der Waals surface area contributed by atoms with Crippen LogP contribution in [0.25, 0.3) is 0 Å². The number of amides is 1. The highest BCUT2D eigenvalue weighted by Gasteiger charge is 2.33. The van der Waals surface area contributed by atoms with Gasteiger partial charge in [0, 0.05) is 23.2 Å². The summed E-state index contributed by atoms with van der Waals surface area (Å²) in [5, 5.41) is 9.55. The summed E-state index contributed by atoms with van der Waals surface area (Å²) in [6, 6.07) is 6.54. The number of benzene rings is 1. The van der Waals surface area contributed by atoms with Gasteiger partial charge in [0.25, 0.3) is 5.91 Å². The third-order valence-electron chi connectivity index (χ3n) is 3.83. The average Bonchev–Trinajstić information content (AvgIpc) is 2.40. The molecule has 0 aromatic heterocycles. The summed E-state index contributed by atoms with van der Waals surface area (Å²) in [4.78, 5) is 25.3. The van der Waals surface area contributed by atoms with Gasteiger partial charge in [0.1, 0.15) is 0 Å². The number of carboxylic acid groups (broad SMARTS) is 1. The number of carbonyl (C=O) groups is 2. The molecular weight excluding hydrogens is 278 g/mol. The van der Waals surface area contributed by atoms with Crippen LogP contribution in [0.1, 0.15) is 36.5 Å². The molecule has 1 aromatic carbocycles. The van der Waals surface area contributed by atoms with Gasteiger partial charge in [-0.1, -0.05) is 24.6 Å². The second kappa shape index (κ2) is 6.27. The first-order chi connectivity index (χ1) is 9.49. The van der Waals surface area contributed by atoms with Gasteiger partial charge in [0.05, 0.1) is 6.42 Å². The van der Waals surface area contributed by atoms with Gasteiger partial charge in [0.2, 0.25) is 0 Å². The fraction of sp³-hybridized carbons (Fsp3) is 0.467. The highest BCUT2D eigenvalue weighted by Crippen LogP contribution is 2.27. The summed E-state index contributed by atoms with van der Waals surface area (Å²) in [7, 11) is 0. The van der Waals surface area contributed by atoms with E-state index < -0.39 is 5.97 Å². The summed E-state index contributed by atoms with van der Waals surface area (Å²) in [6.45, 7) is 2.61. The summed E-state index contributed by atoms with van der Waals surface area (Å²) in [5.41, 5.74) is 0.516. The molecule has 5 heteroatoms. The Morgan fingerprint density at radius 2 is 2.20 bits per heavy atom. The first-order valence-corrected chi connectivity index (χ1v) is 7.15. The van der Waals surface area contributed by atoms with Gasteiger partial charge in [-0.15, -0.1) is 0 Å². The highest BCUT2D eigenvalue weighted by atomic mass is 35.5. The fourth-order valence-corrected chi connectivity index (χ4v) is 2.97. The van der Waals surface area contributed by atoms with E-state index in [4.69, 9.17) is 16.7 Å². The SMILES string of the molecule is CC1CCCN(C(=O)c2cccc(Cl)c2)C1CC(=O)O. The van der Waals surface area contributed by atoms with Gasteiger partial charge in [-0.2, -0.15) is 0 Å². The molecule has 1 N–H and O–H groups in total. The van der Waals surface area contributed by atoms with Crippen molar-refractivity contribution in [2.75, 3.05) is 6.54 Å². The van der Waals surface area contributed by atoms with Crippen molar-refractivity contribution in [2.24, 2.45) is 5.92 Å². The molecular formula is C15H18ClNO3. The van der Waals surface area contributed by atoms with Crippen LogP contribution in [0.4, 0.5) is 0 Å². The molecule has 1 aliphatic rings. The summed E-state index contributed by atoms with van der Waals surface area (Å²) >= 11 is 5.91. The van der Waals surface area contributed by atoms with Crippen LogP contribution in [-0.2, 0) is 4.79 Å². The third-order valence-corrected chi connectivity index (χ3v) is 4.07. The standard InChI is InChI=1S/C15H18ClNO3/c1-10-4-3-7-17(13(10)9-14(18)19)15(20)11-5-2-6-12(16)8-11/h2,5-6,8,10,13H,3-4,7,9H2,1H3,(H,18,19). The number of carbonyl (C=O) groups excluding carboxylic acids is 1. The van der Waals surface area contributed by atoms with Crippen LogP contribution >= 0.6 is 11.6 Å². The lowest BCUT2D eigenvalue weighted by molar-refractivity contribution is -0.138. The van der Waals surface area contributed by atoms with Gasteiger partial charge >= 0.3 is 5.97 Å². The van der Waals surface area contributed by atoms with Crippen molar-refractivity contribution in [3.8, 4) is 0 Å². The topological polar surface area (TPSA) is 57.6 Å². The Hall–Kier alpha value is -1.55. The van der Waals surface area contributed by atoms with Crippen molar-refractivity contribution in [3.63, 3.8) is 0 Å². The molecule has 0 radical (unpaired) electrons. The Balaban J connectivity index is 2.23. The van der Waals surface area contributed by atoms with E-state index in [1.54, 1.807) is 29.2 Å². The molecule has 0 bridgehead atoms. The lowest BCUT2D eigenvalue weighted by Crippen LogP contribution is -2.48. The van der Waals surface area contributed by atoms with E-state index >= 15 is 0 Å². The predicted octanol–water partition coefficient (Wildman–Crippen LogP) is 3.06. The normalized spacial score (nSPS) is 22.6. The molecule has 1 fully saturated rings. The van der Waals surface area contributed by atoms with Crippen molar-refractivity contribution in [1.82, 2.24) is 4.90 Å². The van der Waals surface area contributed by atoms with Gasteiger partial charge in [0.15, 0.2) is 0 Å². The van der Waals surface area contributed by atoms with Gasteiger partial charge in [-0.25, -0.2) is 0 Å². The lowest BCUT2D eigenvalue weighted by Gasteiger charge is -2.39. The second-order valence-electron chi connectivity index (χ2n) is 5.29. The molecule has 108 valence electrons. The minimum absolute atomic E-state index is 0.00648. The number of hydrogen-bond acceptors (Lipinski definition) is 2. The summed E-state index contributed by atoms with van der Waals surface area (Å²) in [6.07, 6.45) is 1.86. The van der Waals surface area contributed by atoms with Crippen molar-refractivity contribution in [1.29, 1.82) is 0 Å². The van der Waals surface area contributed by atoms with Crippen molar-refractivity contribution in [3.05, 3.63) is 34.9 Å². The number of aliphatic carboxylic acids is 1. The van der Waals surface area contributed by atoms with Crippen LogP contribution in [-0.4, -0.2) is 34.5 Å². The molecule has 1 amide bonds. The van der Waals surface area contributed by atoms with Crippen LogP contribution < -0.4 is 0 Å². The van der Waals surface area contributed by atoms with Gasteiger partial charge < -0.3 is 10.0 Å². The molecule has 2 rings (SSSR count). The number of likely N-dealkylation sites (tertiary alicyclic amines) is 1. The zero-order valence-corrected chi connectivity index (χ0v) is 12.1. The van der Waals surface area contributed by atoms with Crippen molar-refractivity contribution < 1.29 is 14.7 Å². The van der Waals surface area contributed by atoms with E-state index in [0.29, 0.717) is 17.1 Å². The molecule has 1 saturated heterocycles. The number of nitrogens with zero attached hydrogens (tertiary/aromatic N) is 1. The maximum absolute atomic E-state index is 12.6. The van der Waals surface area contributed by atoms with E-state index in [9.17, 15) is 9.59 Å². The maximum Gasteiger partial charge on any atom is 0.305 e. The zero-order chi connectivity index (χ0) is 14.7. The lowest BCUT2D eigenvalue weighted by atomic mass is 9.88. The largest absolute Gasteiger partial charge is 0.481 e. The molecule has 4 nitrogen and oxygen atoms in total. The van der Waals surface area contributed by atoms with E-state index in [-0.39, 0.29) is 24.3 Å². The second-order valence-corrected chi connectivity index (χ2v) is 5.73. The van der Waals surface area contributed by atoms with Crippen LogP contribution in [0.15, 0.2) is 24.3 Å². The monoisotopic (exact) mass is 295 g/mol. The molecule has 0 aliphatic carbocycles. The van der Waals surface area contributed by atoms with E-state index in [1.807, 2.05) is 6.92 Å². The number of carboxylic acids is 1.